The van der Waals surface area contributed by atoms with Crippen molar-refractivity contribution >= 4 is 22.2 Å². The molecule has 3 heterocycles. The Morgan fingerprint density at radius 2 is 2.00 bits per heavy atom. The summed E-state index contributed by atoms with van der Waals surface area (Å²) in [6, 6.07) is 7.80. The third-order valence-electron chi connectivity index (χ3n) is 5.61. The fourth-order valence-electron chi connectivity index (χ4n) is 4.00. The minimum Gasteiger partial charge on any atom is -0.494 e. The summed E-state index contributed by atoms with van der Waals surface area (Å²) in [7, 11) is 0. The van der Waals surface area contributed by atoms with Gasteiger partial charge in [0.1, 0.15) is 5.75 Å². The van der Waals surface area contributed by atoms with Crippen LogP contribution < -0.4 is 10.5 Å². The summed E-state index contributed by atoms with van der Waals surface area (Å²) in [6.07, 6.45) is 2.14. The third kappa shape index (κ3) is 3.87. The molecular weight excluding hydrogens is 402 g/mol. The van der Waals surface area contributed by atoms with E-state index in [0.717, 1.165) is 29.3 Å². The molecule has 30 heavy (non-hydrogen) atoms. The van der Waals surface area contributed by atoms with Crippen LogP contribution in [0, 0.1) is 5.92 Å². The highest BCUT2D eigenvalue weighted by molar-refractivity contribution is 7.17. The molecule has 8 nitrogen and oxygen atoms in total. The SMILES string of the molecule is CCOc1ccc([C@H](c2sc3nc(CC)nn3c2O)N2CCC(C(N)=O)CC2)cc1. The number of rotatable bonds is 7. The summed E-state index contributed by atoms with van der Waals surface area (Å²) < 4.78 is 7.11. The molecule has 4 rings (SSSR count). The smallest absolute Gasteiger partial charge is 0.230 e. The van der Waals surface area contributed by atoms with Crippen LogP contribution in [0.4, 0.5) is 0 Å². The van der Waals surface area contributed by atoms with Gasteiger partial charge in [0.25, 0.3) is 0 Å². The van der Waals surface area contributed by atoms with Crippen LogP contribution in [0.5, 0.6) is 11.6 Å². The van der Waals surface area contributed by atoms with Gasteiger partial charge in [-0.2, -0.15) is 4.52 Å². The zero-order valence-corrected chi connectivity index (χ0v) is 18.1. The van der Waals surface area contributed by atoms with Crippen molar-refractivity contribution in [1.29, 1.82) is 0 Å². The highest BCUT2D eigenvalue weighted by Crippen LogP contribution is 2.41. The highest BCUT2D eigenvalue weighted by Gasteiger charge is 2.33. The molecule has 2 aromatic heterocycles. The first-order valence-corrected chi connectivity index (χ1v) is 11.2. The van der Waals surface area contributed by atoms with E-state index in [1.807, 2.05) is 38.1 Å². The van der Waals surface area contributed by atoms with Crippen LogP contribution in [0.1, 0.15) is 49.0 Å². The Morgan fingerprint density at radius 3 is 2.57 bits per heavy atom. The number of aryl methyl sites for hydroxylation is 1. The number of carbonyl (C=O) groups is 1. The molecule has 0 spiro atoms. The highest BCUT2D eigenvalue weighted by atomic mass is 32.1. The van der Waals surface area contributed by atoms with Crippen LogP contribution >= 0.6 is 11.3 Å². The number of aromatic nitrogens is 3. The van der Waals surface area contributed by atoms with Crippen molar-refractivity contribution < 1.29 is 14.6 Å². The van der Waals surface area contributed by atoms with Crippen LogP contribution in [0.25, 0.3) is 4.96 Å². The van der Waals surface area contributed by atoms with Gasteiger partial charge in [-0.05, 0) is 50.6 Å². The Balaban J connectivity index is 1.71. The van der Waals surface area contributed by atoms with E-state index in [-0.39, 0.29) is 23.7 Å². The molecule has 3 N–H and O–H groups in total. The molecule has 9 heteroatoms. The summed E-state index contributed by atoms with van der Waals surface area (Å²) in [5.41, 5.74) is 6.56. The Bertz CT molecular complexity index is 1020. The molecule has 1 fully saturated rings. The molecule has 0 bridgehead atoms. The number of benzene rings is 1. The first-order valence-electron chi connectivity index (χ1n) is 10.3. The second kappa shape index (κ2) is 8.61. The van der Waals surface area contributed by atoms with Crippen LogP contribution in [0.15, 0.2) is 24.3 Å². The van der Waals surface area contributed by atoms with Gasteiger partial charge in [-0.15, -0.1) is 5.10 Å². The molecule has 0 unspecified atom stereocenters. The minimum absolute atomic E-state index is 0.0924. The predicted molar refractivity (Wildman–Crippen MR) is 115 cm³/mol. The summed E-state index contributed by atoms with van der Waals surface area (Å²) in [4.78, 5) is 19.9. The zero-order valence-electron chi connectivity index (χ0n) is 17.2. The molecular formula is C21H27N5O3S. The van der Waals surface area contributed by atoms with E-state index in [9.17, 15) is 9.90 Å². The van der Waals surface area contributed by atoms with Crippen LogP contribution in [0.3, 0.4) is 0 Å². The Morgan fingerprint density at radius 1 is 1.30 bits per heavy atom. The third-order valence-corrected chi connectivity index (χ3v) is 6.68. The van der Waals surface area contributed by atoms with Gasteiger partial charge in [0.05, 0.1) is 17.5 Å². The molecule has 160 valence electrons. The van der Waals surface area contributed by atoms with Gasteiger partial charge in [0.15, 0.2) is 5.82 Å². The molecule has 1 saturated heterocycles. The number of aromatic hydroxyl groups is 1. The molecule has 3 aromatic rings. The summed E-state index contributed by atoms with van der Waals surface area (Å²) in [5.74, 6) is 1.32. The number of nitrogens with zero attached hydrogens (tertiary/aromatic N) is 4. The van der Waals surface area contributed by atoms with Crippen molar-refractivity contribution in [2.45, 2.75) is 39.2 Å². The summed E-state index contributed by atoms with van der Waals surface area (Å²) in [6.45, 7) is 5.99. The van der Waals surface area contributed by atoms with Crippen LogP contribution in [0.2, 0.25) is 0 Å². The first kappa shape index (κ1) is 20.6. The number of amides is 1. The molecule has 1 amide bonds. The van der Waals surface area contributed by atoms with E-state index in [2.05, 4.69) is 15.0 Å². The number of hydrogen-bond acceptors (Lipinski definition) is 7. The summed E-state index contributed by atoms with van der Waals surface area (Å²) >= 11 is 1.45. The second-order valence-electron chi connectivity index (χ2n) is 7.48. The molecule has 0 saturated carbocycles. The lowest BCUT2D eigenvalue weighted by Gasteiger charge is -2.36. The molecule has 0 radical (unpaired) electrons. The van der Waals surface area contributed by atoms with E-state index in [0.29, 0.717) is 36.7 Å². The average molecular weight is 430 g/mol. The zero-order chi connectivity index (χ0) is 21.3. The molecule has 1 aliphatic heterocycles. The topological polar surface area (TPSA) is 106 Å². The van der Waals surface area contributed by atoms with Gasteiger partial charge in [-0.25, -0.2) is 4.98 Å². The maximum Gasteiger partial charge on any atom is 0.230 e. The first-order chi connectivity index (χ1) is 14.5. The number of hydrogen-bond donors (Lipinski definition) is 2. The Kier molecular flexibility index (Phi) is 5.92. The number of nitrogens with two attached hydrogens (primary N) is 1. The van der Waals surface area contributed by atoms with Gasteiger partial charge in [0, 0.05) is 12.3 Å². The van der Waals surface area contributed by atoms with Crippen molar-refractivity contribution in [2.24, 2.45) is 11.7 Å². The van der Waals surface area contributed by atoms with Gasteiger partial charge in [-0.3, -0.25) is 9.69 Å². The number of primary amides is 1. The number of ether oxygens (including phenoxy) is 1. The number of fused-ring (bicyclic) bond motifs is 1. The van der Waals surface area contributed by atoms with Crippen LogP contribution in [-0.2, 0) is 11.2 Å². The van der Waals surface area contributed by atoms with Crippen molar-refractivity contribution in [3.8, 4) is 11.6 Å². The van der Waals surface area contributed by atoms with Gasteiger partial charge < -0.3 is 15.6 Å². The lowest BCUT2D eigenvalue weighted by atomic mass is 9.93. The van der Waals surface area contributed by atoms with E-state index in [4.69, 9.17) is 10.5 Å². The minimum atomic E-state index is -0.235. The van der Waals surface area contributed by atoms with Gasteiger partial charge in [0.2, 0.25) is 16.7 Å². The van der Waals surface area contributed by atoms with E-state index < -0.39 is 0 Å². The Hall–Kier alpha value is -2.65. The molecule has 1 aliphatic rings. The number of carbonyl (C=O) groups excluding carboxylic acids is 1. The second-order valence-corrected chi connectivity index (χ2v) is 8.49. The van der Waals surface area contributed by atoms with Crippen molar-refractivity contribution in [3.05, 3.63) is 40.5 Å². The van der Waals surface area contributed by atoms with Crippen LogP contribution in [-0.4, -0.2) is 50.2 Å². The van der Waals surface area contributed by atoms with E-state index in [1.165, 1.54) is 15.9 Å². The normalized spacial score (nSPS) is 16.7. The number of thiazole rings is 1. The maximum absolute atomic E-state index is 11.6. The maximum atomic E-state index is 11.6. The predicted octanol–water partition coefficient (Wildman–Crippen LogP) is 2.74. The molecule has 1 atom stereocenters. The van der Waals surface area contributed by atoms with Crippen molar-refractivity contribution in [1.82, 2.24) is 19.5 Å². The Labute approximate surface area is 179 Å². The average Bonchev–Trinajstić information content (AvgIpc) is 3.29. The lowest BCUT2D eigenvalue weighted by Crippen LogP contribution is -2.40. The summed E-state index contributed by atoms with van der Waals surface area (Å²) in [5, 5.41) is 15.4. The fourth-order valence-corrected chi connectivity index (χ4v) is 5.14. The van der Waals surface area contributed by atoms with Gasteiger partial charge in [-0.1, -0.05) is 30.4 Å². The number of piperidine rings is 1. The standard InChI is InChI=1S/C21H27N5O3S/c1-3-16-23-21-26(24-16)20(28)18(30-21)17(13-5-7-15(8-6-13)29-4-2)25-11-9-14(10-12-25)19(22)27/h5-8,14,17,28H,3-4,9-12H2,1-2H3,(H2,22,27)/t17-/m1/s1. The van der Waals surface area contributed by atoms with E-state index in [1.54, 1.807) is 0 Å². The number of likely N-dealkylation sites (tertiary alicyclic amines) is 1. The lowest BCUT2D eigenvalue weighted by molar-refractivity contribution is -0.123. The van der Waals surface area contributed by atoms with Gasteiger partial charge >= 0.3 is 0 Å². The van der Waals surface area contributed by atoms with E-state index >= 15 is 0 Å². The monoisotopic (exact) mass is 429 g/mol. The molecule has 1 aromatic carbocycles. The largest absolute Gasteiger partial charge is 0.494 e. The molecule has 0 aliphatic carbocycles. The van der Waals surface area contributed by atoms with Crippen molar-refractivity contribution in [3.63, 3.8) is 0 Å². The fraction of sp³-hybridized carbons (Fsp3) is 0.476. The quantitative estimate of drug-likeness (QED) is 0.598. The van der Waals surface area contributed by atoms with Crippen molar-refractivity contribution in [2.75, 3.05) is 19.7 Å².